The van der Waals surface area contributed by atoms with Crippen molar-refractivity contribution in [1.82, 2.24) is 5.32 Å². The molecule has 4 heteroatoms. The standard InChI is InChI=1S/C16H24BrNOS/c1-11(12-7-8-16(19-2)15(17)9-12)18-13-5-4-6-14(10-13)20-3/h7-9,11,13-14,18H,4-6,10H2,1-3H3. The van der Waals surface area contributed by atoms with Gasteiger partial charge in [-0.25, -0.2) is 0 Å². The summed E-state index contributed by atoms with van der Waals surface area (Å²) in [4.78, 5) is 0. The Hall–Kier alpha value is -0.190. The third-order valence-electron chi connectivity index (χ3n) is 4.12. The summed E-state index contributed by atoms with van der Waals surface area (Å²) >= 11 is 5.58. The molecule has 1 aliphatic carbocycles. The molecule has 3 atom stereocenters. The Balaban J connectivity index is 1.97. The van der Waals surface area contributed by atoms with Crippen LogP contribution in [0.5, 0.6) is 5.75 Å². The van der Waals surface area contributed by atoms with Crippen LogP contribution in [-0.2, 0) is 0 Å². The van der Waals surface area contributed by atoms with Crippen LogP contribution in [-0.4, -0.2) is 24.7 Å². The molecule has 0 saturated heterocycles. The zero-order chi connectivity index (χ0) is 14.5. The molecule has 112 valence electrons. The van der Waals surface area contributed by atoms with Crippen molar-refractivity contribution in [3.05, 3.63) is 28.2 Å². The number of hydrogen-bond donors (Lipinski definition) is 1. The van der Waals surface area contributed by atoms with E-state index in [1.807, 2.05) is 17.8 Å². The van der Waals surface area contributed by atoms with Crippen LogP contribution in [0.15, 0.2) is 22.7 Å². The third kappa shape index (κ3) is 4.15. The van der Waals surface area contributed by atoms with Gasteiger partial charge >= 0.3 is 0 Å². The highest BCUT2D eigenvalue weighted by Crippen LogP contribution is 2.31. The van der Waals surface area contributed by atoms with Gasteiger partial charge in [0.15, 0.2) is 0 Å². The molecule has 0 aromatic heterocycles. The maximum Gasteiger partial charge on any atom is 0.133 e. The topological polar surface area (TPSA) is 21.3 Å². The summed E-state index contributed by atoms with van der Waals surface area (Å²) in [5.74, 6) is 0.890. The quantitative estimate of drug-likeness (QED) is 0.818. The van der Waals surface area contributed by atoms with E-state index in [9.17, 15) is 0 Å². The zero-order valence-electron chi connectivity index (χ0n) is 12.5. The number of methoxy groups -OCH3 is 1. The van der Waals surface area contributed by atoms with E-state index in [1.165, 1.54) is 31.2 Å². The Morgan fingerprint density at radius 1 is 1.40 bits per heavy atom. The number of thioether (sulfide) groups is 1. The molecule has 2 rings (SSSR count). The SMILES string of the molecule is COc1ccc(C(C)NC2CCCC(SC)C2)cc1Br. The van der Waals surface area contributed by atoms with Gasteiger partial charge in [0.2, 0.25) is 0 Å². The molecule has 0 radical (unpaired) electrons. The van der Waals surface area contributed by atoms with E-state index in [1.54, 1.807) is 7.11 Å². The van der Waals surface area contributed by atoms with Gasteiger partial charge in [0.25, 0.3) is 0 Å². The maximum absolute atomic E-state index is 5.29. The molecule has 2 nitrogen and oxygen atoms in total. The monoisotopic (exact) mass is 357 g/mol. The molecule has 1 aromatic rings. The summed E-state index contributed by atoms with van der Waals surface area (Å²) in [6.45, 7) is 2.25. The van der Waals surface area contributed by atoms with Crippen LogP contribution in [0.25, 0.3) is 0 Å². The van der Waals surface area contributed by atoms with E-state index in [-0.39, 0.29) is 0 Å². The minimum Gasteiger partial charge on any atom is -0.496 e. The van der Waals surface area contributed by atoms with Crippen molar-refractivity contribution in [3.63, 3.8) is 0 Å². The number of nitrogens with one attached hydrogen (secondary N) is 1. The van der Waals surface area contributed by atoms with Crippen LogP contribution in [0.1, 0.15) is 44.2 Å². The minimum atomic E-state index is 0.378. The lowest BCUT2D eigenvalue weighted by atomic mass is 9.93. The summed E-state index contributed by atoms with van der Waals surface area (Å²) in [5.41, 5.74) is 1.31. The summed E-state index contributed by atoms with van der Waals surface area (Å²) < 4.78 is 6.31. The molecular formula is C16H24BrNOS. The molecule has 3 unspecified atom stereocenters. The van der Waals surface area contributed by atoms with Crippen LogP contribution >= 0.6 is 27.7 Å². The largest absolute Gasteiger partial charge is 0.496 e. The first-order valence-corrected chi connectivity index (χ1v) is 9.34. The first kappa shape index (κ1) is 16.2. The predicted molar refractivity (Wildman–Crippen MR) is 91.8 cm³/mol. The normalized spacial score (nSPS) is 24.4. The molecule has 20 heavy (non-hydrogen) atoms. The lowest BCUT2D eigenvalue weighted by molar-refractivity contribution is 0.353. The van der Waals surface area contributed by atoms with Gasteiger partial charge < -0.3 is 10.1 Å². The highest BCUT2D eigenvalue weighted by molar-refractivity contribution is 9.10. The number of halogens is 1. The van der Waals surface area contributed by atoms with Gasteiger partial charge in [0.1, 0.15) is 5.75 Å². The highest BCUT2D eigenvalue weighted by Gasteiger charge is 2.22. The number of benzene rings is 1. The lowest BCUT2D eigenvalue weighted by Gasteiger charge is -2.31. The Kier molecular flexibility index (Phi) is 6.24. The fourth-order valence-corrected chi connectivity index (χ4v) is 4.30. The van der Waals surface area contributed by atoms with Crippen molar-refractivity contribution in [2.24, 2.45) is 0 Å². The molecule has 0 bridgehead atoms. The van der Waals surface area contributed by atoms with Crippen molar-refractivity contribution < 1.29 is 4.74 Å². The summed E-state index contributed by atoms with van der Waals surface area (Å²) in [7, 11) is 1.70. The van der Waals surface area contributed by atoms with Crippen LogP contribution < -0.4 is 10.1 Å². The van der Waals surface area contributed by atoms with E-state index in [0.717, 1.165) is 15.5 Å². The molecule has 1 fully saturated rings. The molecule has 0 heterocycles. The Morgan fingerprint density at radius 2 is 2.20 bits per heavy atom. The fraction of sp³-hybridized carbons (Fsp3) is 0.625. The summed E-state index contributed by atoms with van der Waals surface area (Å²) in [5, 5.41) is 4.62. The number of hydrogen-bond acceptors (Lipinski definition) is 3. The Labute approximate surface area is 135 Å². The van der Waals surface area contributed by atoms with E-state index >= 15 is 0 Å². The molecule has 1 saturated carbocycles. The van der Waals surface area contributed by atoms with Crippen molar-refractivity contribution in [3.8, 4) is 5.75 Å². The van der Waals surface area contributed by atoms with Gasteiger partial charge in [-0.15, -0.1) is 0 Å². The van der Waals surface area contributed by atoms with Gasteiger partial charge in [0, 0.05) is 17.3 Å². The number of ether oxygens (including phenoxy) is 1. The van der Waals surface area contributed by atoms with E-state index in [4.69, 9.17) is 4.74 Å². The van der Waals surface area contributed by atoms with E-state index in [0.29, 0.717) is 12.1 Å². The summed E-state index contributed by atoms with van der Waals surface area (Å²) in [6, 6.07) is 7.37. The fourth-order valence-electron chi connectivity index (χ4n) is 2.91. The maximum atomic E-state index is 5.29. The smallest absolute Gasteiger partial charge is 0.133 e. The van der Waals surface area contributed by atoms with Gasteiger partial charge in [0.05, 0.1) is 11.6 Å². The average molecular weight is 358 g/mol. The van der Waals surface area contributed by atoms with E-state index in [2.05, 4.69) is 46.6 Å². The molecule has 1 N–H and O–H groups in total. The highest BCUT2D eigenvalue weighted by atomic mass is 79.9. The first-order valence-electron chi connectivity index (χ1n) is 7.26. The van der Waals surface area contributed by atoms with Crippen LogP contribution in [0.4, 0.5) is 0 Å². The zero-order valence-corrected chi connectivity index (χ0v) is 14.9. The lowest BCUT2D eigenvalue weighted by Crippen LogP contribution is -2.36. The van der Waals surface area contributed by atoms with Gasteiger partial charge in [-0.3, -0.25) is 0 Å². The Morgan fingerprint density at radius 3 is 2.85 bits per heavy atom. The molecule has 0 spiro atoms. The van der Waals surface area contributed by atoms with Gasteiger partial charge in [-0.1, -0.05) is 12.5 Å². The molecule has 0 aliphatic heterocycles. The minimum absolute atomic E-state index is 0.378. The van der Waals surface area contributed by atoms with Crippen LogP contribution in [0, 0.1) is 0 Å². The molecule has 1 aromatic carbocycles. The third-order valence-corrected chi connectivity index (χ3v) is 5.84. The second kappa shape index (κ2) is 7.71. The van der Waals surface area contributed by atoms with E-state index < -0.39 is 0 Å². The van der Waals surface area contributed by atoms with Gasteiger partial charge in [-0.2, -0.15) is 11.8 Å². The second-order valence-electron chi connectivity index (χ2n) is 5.50. The van der Waals surface area contributed by atoms with Gasteiger partial charge in [-0.05, 0) is 66.1 Å². The van der Waals surface area contributed by atoms with Crippen LogP contribution in [0.3, 0.4) is 0 Å². The summed E-state index contributed by atoms with van der Waals surface area (Å²) in [6.07, 6.45) is 7.56. The molecular weight excluding hydrogens is 334 g/mol. The van der Waals surface area contributed by atoms with Crippen molar-refractivity contribution in [1.29, 1.82) is 0 Å². The second-order valence-corrected chi connectivity index (χ2v) is 7.50. The van der Waals surface area contributed by atoms with Crippen molar-refractivity contribution >= 4 is 27.7 Å². The van der Waals surface area contributed by atoms with Crippen molar-refractivity contribution in [2.75, 3.05) is 13.4 Å². The molecule has 0 amide bonds. The van der Waals surface area contributed by atoms with Crippen LogP contribution in [0.2, 0.25) is 0 Å². The first-order chi connectivity index (χ1) is 9.63. The number of rotatable bonds is 5. The predicted octanol–water partition coefficient (Wildman–Crippen LogP) is 4.78. The average Bonchev–Trinajstić information content (AvgIpc) is 2.47. The van der Waals surface area contributed by atoms with Crippen molar-refractivity contribution in [2.45, 2.75) is 49.9 Å². The molecule has 1 aliphatic rings. The Bertz CT molecular complexity index is 440.